The minimum atomic E-state index is 0.128. The first-order valence-corrected chi connectivity index (χ1v) is 6.33. The van der Waals surface area contributed by atoms with E-state index in [9.17, 15) is 4.79 Å². The van der Waals surface area contributed by atoms with Crippen LogP contribution in [0.3, 0.4) is 0 Å². The molecule has 0 radical (unpaired) electrons. The lowest BCUT2D eigenvalue weighted by Gasteiger charge is -2.25. The number of carbonyl (C=O) groups is 1. The summed E-state index contributed by atoms with van der Waals surface area (Å²) in [5.74, 6) is 0.131. The monoisotopic (exact) mass is 249 g/mol. The van der Waals surface area contributed by atoms with Gasteiger partial charge in [0.25, 0.3) is 0 Å². The Kier molecular flexibility index (Phi) is 5.28. The highest BCUT2D eigenvalue weighted by molar-refractivity contribution is 5.92. The second kappa shape index (κ2) is 6.50. The van der Waals surface area contributed by atoms with E-state index in [4.69, 9.17) is 5.73 Å². The van der Waals surface area contributed by atoms with Crippen LogP contribution in [0.15, 0.2) is 24.5 Å². The second-order valence-corrected chi connectivity index (χ2v) is 5.36. The van der Waals surface area contributed by atoms with E-state index in [1.54, 1.807) is 24.3 Å². The number of hydrogen-bond acceptors (Lipinski definition) is 3. The lowest BCUT2D eigenvalue weighted by Crippen LogP contribution is -2.28. The van der Waals surface area contributed by atoms with E-state index in [0.29, 0.717) is 13.0 Å². The summed E-state index contributed by atoms with van der Waals surface area (Å²) in [6, 6.07) is 3.67. The third kappa shape index (κ3) is 4.45. The summed E-state index contributed by atoms with van der Waals surface area (Å²) in [6.07, 6.45) is 5.73. The smallest absolute Gasteiger partial charge is 0.226 e. The average Bonchev–Trinajstić information content (AvgIpc) is 2.36. The molecule has 1 rings (SSSR count). The van der Waals surface area contributed by atoms with Gasteiger partial charge < -0.3 is 10.6 Å². The van der Waals surface area contributed by atoms with Crippen molar-refractivity contribution in [3.05, 3.63) is 24.5 Å². The Morgan fingerprint density at radius 2 is 1.94 bits per heavy atom. The van der Waals surface area contributed by atoms with E-state index < -0.39 is 0 Å². The zero-order chi connectivity index (χ0) is 13.6. The minimum Gasteiger partial charge on any atom is -0.330 e. The maximum Gasteiger partial charge on any atom is 0.226 e. The molecule has 0 aliphatic rings. The van der Waals surface area contributed by atoms with Crippen LogP contribution in [0.4, 0.5) is 5.69 Å². The van der Waals surface area contributed by atoms with E-state index in [0.717, 1.165) is 18.5 Å². The minimum absolute atomic E-state index is 0.128. The van der Waals surface area contributed by atoms with Gasteiger partial charge >= 0.3 is 0 Å². The Bertz CT molecular complexity index is 376. The highest BCUT2D eigenvalue weighted by Gasteiger charge is 2.20. The molecule has 0 atom stereocenters. The number of aromatic nitrogens is 1. The number of pyridine rings is 1. The maximum absolute atomic E-state index is 12.1. The first-order valence-electron chi connectivity index (χ1n) is 6.33. The fourth-order valence-corrected chi connectivity index (χ4v) is 1.84. The van der Waals surface area contributed by atoms with Gasteiger partial charge in [0.1, 0.15) is 0 Å². The molecule has 1 amide bonds. The van der Waals surface area contributed by atoms with Gasteiger partial charge in [0, 0.05) is 31.5 Å². The lowest BCUT2D eigenvalue weighted by molar-refractivity contribution is -0.118. The predicted octanol–water partition coefficient (Wildman–Crippen LogP) is 2.20. The summed E-state index contributed by atoms with van der Waals surface area (Å²) >= 11 is 0. The van der Waals surface area contributed by atoms with Gasteiger partial charge in [-0.15, -0.1) is 0 Å². The first kappa shape index (κ1) is 14.6. The molecule has 4 heteroatoms. The Morgan fingerprint density at radius 1 is 1.33 bits per heavy atom. The highest BCUT2D eigenvalue weighted by atomic mass is 16.2. The SMILES string of the molecule is CN(C(=O)CCC(C)(C)CCN)c1ccncc1. The van der Waals surface area contributed by atoms with Crippen molar-refractivity contribution in [1.29, 1.82) is 0 Å². The second-order valence-electron chi connectivity index (χ2n) is 5.36. The highest BCUT2D eigenvalue weighted by Crippen LogP contribution is 2.26. The van der Waals surface area contributed by atoms with E-state index in [-0.39, 0.29) is 11.3 Å². The van der Waals surface area contributed by atoms with Gasteiger partial charge in [-0.3, -0.25) is 9.78 Å². The van der Waals surface area contributed by atoms with Crippen LogP contribution >= 0.6 is 0 Å². The molecule has 0 aliphatic heterocycles. The standard InChI is InChI=1S/C14H23N3O/c1-14(2,8-9-15)7-4-13(18)17(3)12-5-10-16-11-6-12/h5-6,10-11H,4,7-9,15H2,1-3H3. The van der Waals surface area contributed by atoms with Gasteiger partial charge in [-0.05, 0) is 36.9 Å². The van der Waals surface area contributed by atoms with E-state index in [1.807, 2.05) is 12.1 Å². The lowest BCUT2D eigenvalue weighted by atomic mass is 9.84. The van der Waals surface area contributed by atoms with Gasteiger partial charge in [-0.25, -0.2) is 0 Å². The molecule has 0 saturated carbocycles. The molecule has 1 heterocycles. The van der Waals surface area contributed by atoms with Crippen molar-refractivity contribution in [1.82, 2.24) is 4.98 Å². The number of amides is 1. The van der Waals surface area contributed by atoms with Crippen LogP contribution in [0.25, 0.3) is 0 Å². The van der Waals surface area contributed by atoms with Gasteiger partial charge in [-0.1, -0.05) is 13.8 Å². The van der Waals surface area contributed by atoms with Crippen molar-refractivity contribution in [2.75, 3.05) is 18.5 Å². The van der Waals surface area contributed by atoms with Crippen LogP contribution in [0.2, 0.25) is 0 Å². The Labute approximate surface area is 109 Å². The van der Waals surface area contributed by atoms with Crippen LogP contribution in [-0.2, 0) is 4.79 Å². The van der Waals surface area contributed by atoms with Crippen LogP contribution in [0.5, 0.6) is 0 Å². The summed E-state index contributed by atoms with van der Waals surface area (Å²) in [6.45, 7) is 4.97. The quantitative estimate of drug-likeness (QED) is 0.840. The largest absolute Gasteiger partial charge is 0.330 e. The number of carbonyl (C=O) groups excluding carboxylic acids is 1. The zero-order valence-corrected chi connectivity index (χ0v) is 11.5. The molecule has 2 N–H and O–H groups in total. The summed E-state index contributed by atoms with van der Waals surface area (Å²) in [4.78, 5) is 17.7. The number of rotatable bonds is 6. The van der Waals surface area contributed by atoms with Crippen LogP contribution in [-0.4, -0.2) is 24.5 Å². The summed E-state index contributed by atoms with van der Waals surface area (Å²) in [5.41, 5.74) is 6.58. The average molecular weight is 249 g/mol. The fourth-order valence-electron chi connectivity index (χ4n) is 1.84. The third-order valence-electron chi connectivity index (χ3n) is 3.26. The Hall–Kier alpha value is -1.42. The number of nitrogens with zero attached hydrogens (tertiary/aromatic N) is 2. The fraction of sp³-hybridized carbons (Fsp3) is 0.571. The molecular weight excluding hydrogens is 226 g/mol. The van der Waals surface area contributed by atoms with Crippen molar-refractivity contribution in [2.24, 2.45) is 11.1 Å². The van der Waals surface area contributed by atoms with E-state index in [1.165, 1.54) is 0 Å². The number of hydrogen-bond donors (Lipinski definition) is 1. The van der Waals surface area contributed by atoms with Crippen molar-refractivity contribution in [3.8, 4) is 0 Å². The third-order valence-corrected chi connectivity index (χ3v) is 3.26. The molecule has 0 aromatic carbocycles. The number of anilines is 1. The zero-order valence-electron chi connectivity index (χ0n) is 11.5. The molecule has 100 valence electrons. The summed E-state index contributed by atoms with van der Waals surface area (Å²) in [5, 5.41) is 0. The molecule has 0 spiro atoms. The Morgan fingerprint density at radius 3 is 2.50 bits per heavy atom. The molecule has 0 bridgehead atoms. The van der Waals surface area contributed by atoms with Crippen molar-refractivity contribution >= 4 is 11.6 Å². The van der Waals surface area contributed by atoms with Gasteiger partial charge in [0.05, 0.1) is 0 Å². The molecule has 0 aliphatic carbocycles. The molecule has 1 aromatic rings. The van der Waals surface area contributed by atoms with Crippen molar-refractivity contribution < 1.29 is 4.79 Å². The molecule has 0 saturated heterocycles. The van der Waals surface area contributed by atoms with Gasteiger partial charge in [0.15, 0.2) is 0 Å². The summed E-state index contributed by atoms with van der Waals surface area (Å²) < 4.78 is 0. The number of nitrogens with two attached hydrogens (primary N) is 1. The van der Waals surface area contributed by atoms with Crippen LogP contribution in [0.1, 0.15) is 33.1 Å². The molecule has 0 fully saturated rings. The first-order chi connectivity index (χ1) is 8.46. The molecule has 0 unspecified atom stereocenters. The van der Waals surface area contributed by atoms with Gasteiger partial charge in [0.2, 0.25) is 5.91 Å². The molecule has 1 aromatic heterocycles. The van der Waals surface area contributed by atoms with Crippen LogP contribution in [0, 0.1) is 5.41 Å². The molecular formula is C14H23N3O. The van der Waals surface area contributed by atoms with Crippen molar-refractivity contribution in [3.63, 3.8) is 0 Å². The molecule has 4 nitrogen and oxygen atoms in total. The van der Waals surface area contributed by atoms with Crippen LogP contribution < -0.4 is 10.6 Å². The maximum atomic E-state index is 12.1. The summed E-state index contributed by atoms with van der Waals surface area (Å²) in [7, 11) is 1.80. The Balaban J connectivity index is 2.51. The topological polar surface area (TPSA) is 59.2 Å². The normalized spacial score (nSPS) is 11.3. The van der Waals surface area contributed by atoms with E-state index in [2.05, 4.69) is 18.8 Å². The van der Waals surface area contributed by atoms with Gasteiger partial charge in [-0.2, -0.15) is 0 Å². The van der Waals surface area contributed by atoms with E-state index >= 15 is 0 Å². The predicted molar refractivity (Wildman–Crippen MR) is 74.3 cm³/mol. The van der Waals surface area contributed by atoms with Crippen molar-refractivity contribution in [2.45, 2.75) is 33.1 Å². The molecule has 18 heavy (non-hydrogen) atoms.